The van der Waals surface area contributed by atoms with Crippen LogP contribution in [0, 0.1) is 0 Å². The fraction of sp³-hybridized carbons (Fsp3) is 0.192. The first-order valence-corrected chi connectivity index (χ1v) is 11.9. The Morgan fingerprint density at radius 3 is 2.51 bits per heavy atom. The fourth-order valence-corrected chi connectivity index (χ4v) is 3.58. The number of carboxylic acids is 1. The van der Waals surface area contributed by atoms with Crippen LogP contribution in [0.5, 0.6) is 0 Å². The third-order valence-electron chi connectivity index (χ3n) is 5.57. The van der Waals surface area contributed by atoms with E-state index < -0.39 is 29.4 Å². The molecule has 0 aliphatic carbocycles. The summed E-state index contributed by atoms with van der Waals surface area (Å²) < 4.78 is 5.29. The second-order valence-electron chi connectivity index (χ2n) is 8.47. The number of esters is 1. The summed E-state index contributed by atoms with van der Waals surface area (Å²) in [4.78, 5) is 63.1. The Morgan fingerprint density at radius 1 is 1.05 bits per heavy atom. The molecule has 2 heterocycles. The molecule has 2 aromatic carbocycles. The van der Waals surface area contributed by atoms with E-state index in [0.717, 1.165) is 5.56 Å². The lowest BCUT2D eigenvalue weighted by atomic mass is 10.1. The van der Waals surface area contributed by atoms with Crippen molar-refractivity contribution in [1.29, 1.82) is 0 Å². The molecule has 0 fully saturated rings. The maximum absolute atomic E-state index is 12.8. The Balaban J connectivity index is 1.36. The maximum atomic E-state index is 12.8. The Hall–Kier alpha value is -5.33. The molecule has 200 valence electrons. The third-order valence-corrected chi connectivity index (χ3v) is 5.57. The van der Waals surface area contributed by atoms with Crippen LogP contribution in [0.15, 0.2) is 65.6 Å². The van der Waals surface area contributed by atoms with E-state index in [-0.39, 0.29) is 48.7 Å². The highest BCUT2D eigenvalue weighted by Gasteiger charge is 2.24. The molecule has 0 saturated carbocycles. The number of aromatic amines is 1. The van der Waals surface area contributed by atoms with Gasteiger partial charge < -0.3 is 31.2 Å². The number of fused-ring (bicyclic) bond motifs is 1. The van der Waals surface area contributed by atoms with Gasteiger partial charge in [0, 0.05) is 17.7 Å². The Labute approximate surface area is 221 Å². The number of anilines is 2. The summed E-state index contributed by atoms with van der Waals surface area (Å²) in [6, 6.07) is 14.3. The predicted molar refractivity (Wildman–Crippen MR) is 140 cm³/mol. The molecule has 39 heavy (non-hydrogen) atoms. The van der Waals surface area contributed by atoms with Crippen LogP contribution in [0.2, 0.25) is 0 Å². The number of ether oxygens (including phenoxy) is 1. The number of benzene rings is 2. The number of hydrogen-bond donors (Lipinski definition) is 5. The molecule has 0 radical (unpaired) electrons. The number of H-pyrrole nitrogens is 1. The fourth-order valence-electron chi connectivity index (χ4n) is 3.58. The minimum atomic E-state index is -1.13. The van der Waals surface area contributed by atoms with Gasteiger partial charge in [0.2, 0.25) is 5.95 Å². The molecule has 13 heteroatoms. The number of hydrogen-bond acceptors (Lipinski definition) is 10. The molecule has 0 unspecified atom stereocenters. The third kappa shape index (κ3) is 7.35. The zero-order valence-electron chi connectivity index (χ0n) is 20.6. The number of nitrogens with one attached hydrogen (secondary N) is 3. The van der Waals surface area contributed by atoms with Crippen LogP contribution in [-0.2, 0) is 27.5 Å². The van der Waals surface area contributed by atoms with Crippen molar-refractivity contribution in [2.75, 3.05) is 11.1 Å². The molecule has 1 amide bonds. The van der Waals surface area contributed by atoms with Gasteiger partial charge in [0.05, 0.1) is 18.4 Å². The Morgan fingerprint density at radius 2 is 1.79 bits per heavy atom. The van der Waals surface area contributed by atoms with Gasteiger partial charge in [-0.1, -0.05) is 30.3 Å². The largest absolute Gasteiger partial charge is 0.481 e. The number of aliphatic carboxylic acids is 1. The van der Waals surface area contributed by atoms with E-state index >= 15 is 0 Å². The number of carbonyl (C=O) groups is 3. The first kappa shape index (κ1) is 26.7. The van der Waals surface area contributed by atoms with Crippen molar-refractivity contribution in [2.24, 2.45) is 0 Å². The van der Waals surface area contributed by atoms with E-state index in [1.54, 1.807) is 48.5 Å². The minimum Gasteiger partial charge on any atom is -0.481 e. The minimum absolute atomic E-state index is 0.0000203. The van der Waals surface area contributed by atoms with Crippen LogP contribution < -0.4 is 21.9 Å². The molecule has 0 aliphatic rings. The van der Waals surface area contributed by atoms with Crippen molar-refractivity contribution in [1.82, 2.24) is 25.3 Å². The Bertz CT molecular complexity index is 1540. The molecule has 4 aromatic rings. The summed E-state index contributed by atoms with van der Waals surface area (Å²) in [6.45, 7) is 0.239. The quantitative estimate of drug-likeness (QED) is 0.176. The highest BCUT2D eigenvalue weighted by molar-refractivity contribution is 5.97. The average molecular weight is 532 g/mol. The zero-order chi connectivity index (χ0) is 27.8. The predicted octanol–water partition coefficient (Wildman–Crippen LogP) is 1.61. The van der Waals surface area contributed by atoms with E-state index in [9.17, 15) is 19.2 Å². The molecule has 0 aliphatic heterocycles. The van der Waals surface area contributed by atoms with E-state index in [0.29, 0.717) is 11.4 Å². The number of carbonyl (C=O) groups excluding carboxylic acids is 2. The molecule has 13 nitrogen and oxygen atoms in total. The second kappa shape index (κ2) is 12.3. The van der Waals surface area contributed by atoms with Gasteiger partial charge in [0.25, 0.3) is 5.91 Å². The smallest absolute Gasteiger partial charge is 0.328 e. The van der Waals surface area contributed by atoms with Gasteiger partial charge >= 0.3 is 17.5 Å². The summed E-state index contributed by atoms with van der Waals surface area (Å²) in [7, 11) is 0. The molecule has 1 atom stereocenters. The average Bonchev–Trinajstić information content (AvgIpc) is 2.93. The van der Waals surface area contributed by atoms with Gasteiger partial charge in [0.1, 0.15) is 12.6 Å². The molecular formula is C26H25N7O6. The van der Waals surface area contributed by atoms with Crippen molar-refractivity contribution < 1.29 is 24.2 Å². The molecule has 2 aromatic heterocycles. The summed E-state index contributed by atoms with van der Waals surface area (Å²) in [5.41, 5.74) is 7.39. The van der Waals surface area contributed by atoms with E-state index in [1.165, 1.54) is 6.20 Å². The van der Waals surface area contributed by atoms with Crippen LogP contribution in [-0.4, -0.2) is 48.9 Å². The van der Waals surface area contributed by atoms with Gasteiger partial charge in [-0.3, -0.25) is 14.4 Å². The molecule has 0 spiro atoms. The number of nitrogens with zero attached hydrogens (tertiary/aromatic N) is 3. The molecule has 0 bridgehead atoms. The van der Waals surface area contributed by atoms with Gasteiger partial charge in [-0.05, 0) is 36.2 Å². The van der Waals surface area contributed by atoms with Crippen LogP contribution in [0.4, 0.5) is 11.6 Å². The summed E-state index contributed by atoms with van der Waals surface area (Å²) in [5, 5.41) is 14.7. The molecule has 0 saturated heterocycles. The van der Waals surface area contributed by atoms with Crippen LogP contribution in [0.3, 0.4) is 0 Å². The number of nitrogens with two attached hydrogens (primary N) is 1. The van der Waals surface area contributed by atoms with Crippen molar-refractivity contribution in [3.63, 3.8) is 0 Å². The van der Waals surface area contributed by atoms with Gasteiger partial charge in [0.15, 0.2) is 11.2 Å². The van der Waals surface area contributed by atoms with Gasteiger partial charge in [-0.15, -0.1) is 0 Å². The number of carboxylic acid groups (broad SMARTS) is 1. The molecular weight excluding hydrogens is 506 g/mol. The van der Waals surface area contributed by atoms with E-state index in [4.69, 9.17) is 15.6 Å². The number of amides is 1. The lowest BCUT2D eigenvalue weighted by Crippen LogP contribution is -2.42. The van der Waals surface area contributed by atoms with Crippen molar-refractivity contribution in [3.8, 4) is 0 Å². The standard InChI is InChI=1S/C26H25N7O6/c27-26-32-22-21(24(37)33-26)30-18(13-29-22)12-28-17-8-6-16(7-9-17)23(36)31-19(10-11-20(34)35)25(38)39-14-15-4-2-1-3-5-15/h1-9,13,19,28H,10-12,14H2,(H,31,36)(H,34,35)(H3,27,29,32,33,37)/t19-/m0/s1. The van der Waals surface area contributed by atoms with Crippen LogP contribution >= 0.6 is 0 Å². The first-order valence-electron chi connectivity index (χ1n) is 11.9. The highest BCUT2D eigenvalue weighted by Crippen LogP contribution is 2.13. The van der Waals surface area contributed by atoms with Crippen LogP contribution in [0.1, 0.15) is 34.5 Å². The van der Waals surface area contributed by atoms with Gasteiger partial charge in [-0.25, -0.2) is 14.8 Å². The van der Waals surface area contributed by atoms with E-state index in [1.807, 2.05) is 6.07 Å². The number of nitrogen functional groups attached to an aromatic ring is 1. The highest BCUT2D eigenvalue weighted by atomic mass is 16.5. The number of rotatable bonds is 11. The SMILES string of the molecule is Nc1nc(=O)c2nc(CNc3ccc(C(=O)N[C@@H](CCC(=O)O)C(=O)OCc4ccccc4)cc3)cnc2[nH]1. The van der Waals surface area contributed by atoms with E-state index in [2.05, 4.69) is 30.6 Å². The number of aromatic nitrogens is 4. The monoisotopic (exact) mass is 531 g/mol. The normalized spacial score (nSPS) is 11.5. The van der Waals surface area contributed by atoms with Crippen molar-refractivity contribution in [2.45, 2.75) is 32.0 Å². The molecule has 4 rings (SSSR count). The Kier molecular flexibility index (Phi) is 8.41. The summed E-state index contributed by atoms with van der Waals surface area (Å²) in [5.74, 6) is -2.42. The van der Waals surface area contributed by atoms with Gasteiger partial charge in [-0.2, -0.15) is 4.98 Å². The lowest BCUT2D eigenvalue weighted by molar-refractivity contribution is -0.147. The lowest BCUT2D eigenvalue weighted by Gasteiger charge is -2.17. The zero-order valence-corrected chi connectivity index (χ0v) is 20.6. The van der Waals surface area contributed by atoms with Crippen molar-refractivity contribution in [3.05, 3.63) is 88.0 Å². The summed E-state index contributed by atoms with van der Waals surface area (Å²) >= 11 is 0. The first-order chi connectivity index (χ1) is 18.8. The second-order valence-corrected chi connectivity index (χ2v) is 8.47. The van der Waals surface area contributed by atoms with Crippen LogP contribution in [0.25, 0.3) is 11.2 Å². The maximum Gasteiger partial charge on any atom is 0.328 e. The topological polar surface area (TPSA) is 202 Å². The van der Waals surface area contributed by atoms with Crippen molar-refractivity contribution >= 4 is 40.6 Å². The molecule has 6 N–H and O–H groups in total. The summed E-state index contributed by atoms with van der Waals surface area (Å²) in [6.07, 6.45) is 1.05.